The van der Waals surface area contributed by atoms with Crippen LogP contribution in [0.5, 0.6) is 0 Å². The van der Waals surface area contributed by atoms with Crippen molar-refractivity contribution in [1.82, 2.24) is 29.9 Å². The van der Waals surface area contributed by atoms with Crippen LogP contribution in [-0.4, -0.2) is 48.7 Å². The normalized spacial score (nSPS) is 13.2. The predicted octanol–water partition coefficient (Wildman–Crippen LogP) is 10.8. The molecule has 0 amide bonds. The van der Waals surface area contributed by atoms with Gasteiger partial charge in [-0.1, -0.05) is 77.9 Å². The lowest BCUT2D eigenvalue weighted by atomic mass is 9.86. The summed E-state index contributed by atoms with van der Waals surface area (Å²) in [5, 5.41) is 7.05. The molecule has 0 fully saturated rings. The Labute approximate surface area is 297 Å². The lowest BCUT2D eigenvalue weighted by Gasteiger charge is -2.26. The molecule has 6 nitrogen and oxygen atoms in total. The number of aryl methyl sites for hydroxylation is 2. The lowest BCUT2D eigenvalue weighted by molar-refractivity contribution is 0.399. The number of rotatable bonds is 6. The van der Waals surface area contributed by atoms with E-state index in [1.165, 1.54) is 37.6 Å². The maximum atomic E-state index is 5.05. The molecule has 5 aromatic carbocycles. The number of aromatic nitrogens is 6. The van der Waals surface area contributed by atoms with Gasteiger partial charge >= 0.3 is 0 Å². The molecule has 50 heavy (non-hydrogen) atoms. The SMILES string of the molecule is Cc1nc(CC(C)(C)C)nc(-c2ccc3cc(-c4ccc(S(C)(C)C)cc4)c4ccc(-c5nc(C)nc(CC(C)(C)C)n5)c5ccc2c3c45)n1. The van der Waals surface area contributed by atoms with Gasteiger partial charge in [0.2, 0.25) is 0 Å². The first-order valence-corrected chi connectivity index (χ1v) is 20.3. The molecule has 0 aliphatic heterocycles. The van der Waals surface area contributed by atoms with Gasteiger partial charge in [-0.15, -0.1) is 0 Å². The molecular formula is C43H48N6S. The highest BCUT2D eigenvalue weighted by molar-refractivity contribution is 8.32. The van der Waals surface area contributed by atoms with Crippen molar-refractivity contribution in [3.05, 3.63) is 90.0 Å². The van der Waals surface area contributed by atoms with Crippen LogP contribution in [0.3, 0.4) is 0 Å². The van der Waals surface area contributed by atoms with Gasteiger partial charge in [0, 0.05) is 24.0 Å². The number of hydrogen-bond donors (Lipinski definition) is 0. The molecule has 256 valence electrons. The molecule has 7 rings (SSSR count). The van der Waals surface area contributed by atoms with Gasteiger partial charge < -0.3 is 0 Å². The van der Waals surface area contributed by atoms with Gasteiger partial charge in [0.1, 0.15) is 23.3 Å². The van der Waals surface area contributed by atoms with Crippen molar-refractivity contribution in [3.8, 4) is 33.9 Å². The maximum Gasteiger partial charge on any atom is 0.163 e. The first-order chi connectivity index (χ1) is 23.4. The summed E-state index contributed by atoms with van der Waals surface area (Å²) in [6.45, 7) is 17.2. The minimum Gasteiger partial charge on any atom is -0.223 e. The van der Waals surface area contributed by atoms with Crippen molar-refractivity contribution in [2.45, 2.75) is 73.1 Å². The fourth-order valence-electron chi connectivity index (χ4n) is 6.99. The van der Waals surface area contributed by atoms with Gasteiger partial charge in [-0.25, -0.2) is 39.9 Å². The average Bonchev–Trinajstić information content (AvgIpc) is 3.00. The highest BCUT2D eigenvalue weighted by Gasteiger charge is 2.22. The van der Waals surface area contributed by atoms with E-state index in [2.05, 4.69) is 127 Å². The van der Waals surface area contributed by atoms with E-state index in [0.717, 1.165) is 63.9 Å². The summed E-state index contributed by atoms with van der Waals surface area (Å²) < 4.78 is 0. The van der Waals surface area contributed by atoms with Crippen LogP contribution in [0.2, 0.25) is 0 Å². The highest BCUT2D eigenvalue weighted by atomic mass is 32.3. The minimum absolute atomic E-state index is 0.0587. The number of benzene rings is 5. The van der Waals surface area contributed by atoms with Gasteiger partial charge in [-0.3, -0.25) is 0 Å². The van der Waals surface area contributed by atoms with Crippen molar-refractivity contribution < 1.29 is 0 Å². The molecule has 0 N–H and O–H groups in total. The number of nitrogens with zero attached hydrogens (tertiary/aromatic N) is 6. The van der Waals surface area contributed by atoms with Crippen LogP contribution in [0.4, 0.5) is 0 Å². The lowest BCUT2D eigenvalue weighted by Crippen LogP contribution is -2.14. The van der Waals surface area contributed by atoms with E-state index in [9.17, 15) is 0 Å². The smallest absolute Gasteiger partial charge is 0.163 e. The zero-order chi connectivity index (χ0) is 35.7. The average molecular weight is 681 g/mol. The monoisotopic (exact) mass is 680 g/mol. The molecule has 0 aliphatic rings. The Morgan fingerprint density at radius 3 is 1.46 bits per heavy atom. The summed E-state index contributed by atoms with van der Waals surface area (Å²) in [7, 11) is -0.829. The third-order valence-corrected chi connectivity index (χ3v) is 10.8. The zero-order valence-electron chi connectivity index (χ0n) is 31.4. The predicted molar refractivity (Wildman–Crippen MR) is 213 cm³/mol. The minimum atomic E-state index is -0.829. The largest absolute Gasteiger partial charge is 0.223 e. The van der Waals surface area contributed by atoms with Gasteiger partial charge in [-0.05, 0) is 122 Å². The molecule has 0 saturated carbocycles. The topological polar surface area (TPSA) is 77.3 Å². The summed E-state index contributed by atoms with van der Waals surface area (Å²) in [6.07, 6.45) is 8.58. The summed E-state index contributed by atoms with van der Waals surface area (Å²) in [5.74, 6) is 4.56. The van der Waals surface area contributed by atoms with Gasteiger partial charge in [0.15, 0.2) is 11.6 Å². The molecule has 2 heterocycles. The molecule has 0 bridgehead atoms. The van der Waals surface area contributed by atoms with E-state index in [1.807, 2.05) is 13.8 Å². The molecule has 0 saturated heterocycles. The van der Waals surface area contributed by atoms with Crippen LogP contribution < -0.4 is 0 Å². The Morgan fingerprint density at radius 1 is 0.500 bits per heavy atom. The fourth-order valence-corrected chi connectivity index (χ4v) is 7.94. The molecular weight excluding hydrogens is 633 g/mol. The third kappa shape index (κ3) is 6.68. The first kappa shape index (κ1) is 34.0. The van der Waals surface area contributed by atoms with E-state index in [4.69, 9.17) is 29.9 Å². The fraction of sp³-hybridized carbons (Fsp3) is 0.349. The molecule has 0 unspecified atom stereocenters. The second kappa shape index (κ2) is 12.1. The highest BCUT2D eigenvalue weighted by Crippen LogP contribution is 2.48. The molecule has 2 aromatic heterocycles. The van der Waals surface area contributed by atoms with E-state index in [0.29, 0.717) is 5.82 Å². The summed E-state index contributed by atoms with van der Waals surface area (Å²) in [6, 6.07) is 24.9. The van der Waals surface area contributed by atoms with Crippen LogP contribution in [0.1, 0.15) is 64.8 Å². The second-order valence-corrected chi connectivity index (χ2v) is 21.1. The van der Waals surface area contributed by atoms with Crippen molar-refractivity contribution >= 4 is 42.3 Å². The van der Waals surface area contributed by atoms with Crippen LogP contribution in [0, 0.1) is 24.7 Å². The van der Waals surface area contributed by atoms with Crippen molar-refractivity contribution in [1.29, 1.82) is 0 Å². The number of hydrogen-bond acceptors (Lipinski definition) is 6. The molecule has 7 heteroatoms. The van der Waals surface area contributed by atoms with E-state index < -0.39 is 10.0 Å². The van der Waals surface area contributed by atoms with Crippen LogP contribution in [0.15, 0.2) is 71.6 Å². The van der Waals surface area contributed by atoms with Crippen LogP contribution >= 0.6 is 10.0 Å². The standard InChI is InChI=1S/C43H48N6S/c1-25-44-36(23-42(3,4)5)48-40(46-25)33-17-14-28-22-35(27-12-15-29(16-13-27)50(9,10)11)32-20-21-34(31-19-18-30(33)38(28)39(31)32)41-47-26(2)45-37(49-41)24-43(6,7)8/h12-22H,23-24H2,1-11H3. The quantitative estimate of drug-likeness (QED) is 0.163. The van der Waals surface area contributed by atoms with E-state index in [1.54, 1.807) is 0 Å². The van der Waals surface area contributed by atoms with Crippen LogP contribution in [0.25, 0.3) is 66.2 Å². The third-order valence-electron chi connectivity index (χ3n) is 9.10. The molecule has 0 radical (unpaired) electrons. The van der Waals surface area contributed by atoms with E-state index in [-0.39, 0.29) is 10.8 Å². The Hall–Kier alpha value is -4.49. The summed E-state index contributed by atoms with van der Waals surface area (Å²) in [5.41, 5.74) is 4.57. The first-order valence-electron chi connectivity index (χ1n) is 17.4. The van der Waals surface area contributed by atoms with Crippen molar-refractivity contribution in [2.75, 3.05) is 18.8 Å². The Bertz CT molecular complexity index is 2390. The van der Waals surface area contributed by atoms with Crippen molar-refractivity contribution in [3.63, 3.8) is 0 Å². The Balaban J connectivity index is 1.52. The summed E-state index contributed by atoms with van der Waals surface area (Å²) in [4.78, 5) is 30.7. The Morgan fingerprint density at radius 2 is 0.960 bits per heavy atom. The van der Waals surface area contributed by atoms with Gasteiger partial charge in [0.05, 0.1) is 0 Å². The zero-order valence-corrected chi connectivity index (χ0v) is 32.2. The van der Waals surface area contributed by atoms with Gasteiger partial charge in [0.25, 0.3) is 0 Å². The molecule has 7 aromatic rings. The Kier molecular flexibility index (Phi) is 8.21. The van der Waals surface area contributed by atoms with Gasteiger partial charge in [-0.2, -0.15) is 0 Å². The maximum absolute atomic E-state index is 5.05. The molecule has 0 aliphatic carbocycles. The molecule has 0 spiro atoms. The van der Waals surface area contributed by atoms with Crippen molar-refractivity contribution in [2.24, 2.45) is 10.8 Å². The summed E-state index contributed by atoms with van der Waals surface area (Å²) >= 11 is 0. The second-order valence-electron chi connectivity index (χ2n) is 16.9. The van der Waals surface area contributed by atoms with Crippen LogP contribution in [-0.2, 0) is 12.8 Å². The van der Waals surface area contributed by atoms with E-state index >= 15 is 0 Å². The molecule has 0 atom stereocenters.